The van der Waals surface area contributed by atoms with Gasteiger partial charge in [0.2, 0.25) is 0 Å². The van der Waals surface area contributed by atoms with Gasteiger partial charge in [0.15, 0.2) is 0 Å². The maximum Gasteiger partial charge on any atom is -0.00464 e. The topological polar surface area (TPSA) is 0 Å². The van der Waals surface area contributed by atoms with Gasteiger partial charge in [0, 0.05) is 0 Å². The number of rotatable bonds is 2. The van der Waals surface area contributed by atoms with E-state index in [1.54, 1.807) is 21.9 Å². The zero-order chi connectivity index (χ0) is 18.6. The highest BCUT2D eigenvalue weighted by molar-refractivity contribution is 6.06. The summed E-state index contributed by atoms with van der Waals surface area (Å²) in [6, 6.07) is 18.9. The Morgan fingerprint density at radius 2 is 1.46 bits per heavy atom. The predicted octanol–water partition coefficient (Wildman–Crippen LogP) is 7.51. The number of fused-ring (bicyclic) bond motifs is 12. The lowest BCUT2D eigenvalue weighted by molar-refractivity contribution is 0.149. The van der Waals surface area contributed by atoms with Crippen molar-refractivity contribution in [2.45, 2.75) is 51.4 Å². The van der Waals surface area contributed by atoms with Gasteiger partial charge in [-0.15, -0.1) is 0 Å². The van der Waals surface area contributed by atoms with Crippen molar-refractivity contribution in [3.8, 4) is 0 Å². The van der Waals surface area contributed by atoms with Gasteiger partial charge in [-0.1, -0.05) is 69.2 Å². The molecule has 3 aromatic carbocycles. The minimum absolute atomic E-state index is 0.793. The molecule has 2 bridgehead atoms. The summed E-state index contributed by atoms with van der Waals surface area (Å²) >= 11 is 0. The van der Waals surface area contributed by atoms with Crippen molar-refractivity contribution in [1.29, 1.82) is 0 Å². The maximum atomic E-state index is 2.49. The van der Waals surface area contributed by atoms with Gasteiger partial charge in [0.05, 0.1) is 0 Å². The minimum atomic E-state index is 0.793. The summed E-state index contributed by atoms with van der Waals surface area (Å²) < 4.78 is 0. The third-order valence-corrected chi connectivity index (χ3v) is 9.68. The van der Waals surface area contributed by atoms with Gasteiger partial charge in [-0.2, -0.15) is 0 Å². The molecule has 8 atom stereocenters. The molecule has 0 heterocycles. The molecule has 0 heteroatoms. The summed E-state index contributed by atoms with van der Waals surface area (Å²) in [4.78, 5) is 0. The minimum Gasteiger partial charge on any atom is -0.0651 e. The van der Waals surface area contributed by atoms with E-state index in [9.17, 15) is 0 Å². The van der Waals surface area contributed by atoms with Crippen molar-refractivity contribution in [3.63, 3.8) is 0 Å². The second-order valence-electron chi connectivity index (χ2n) is 10.3. The van der Waals surface area contributed by atoms with Gasteiger partial charge in [-0.3, -0.25) is 0 Å². The van der Waals surface area contributed by atoms with E-state index in [1.165, 1.54) is 36.5 Å². The lowest BCUT2D eigenvalue weighted by Crippen LogP contribution is -2.32. The Bertz CT molecular complexity index is 1110. The Morgan fingerprint density at radius 3 is 2.25 bits per heavy atom. The second kappa shape index (κ2) is 5.41. The van der Waals surface area contributed by atoms with Gasteiger partial charge in [-0.05, 0) is 98.9 Å². The Labute approximate surface area is 168 Å². The van der Waals surface area contributed by atoms with Gasteiger partial charge in [0.25, 0.3) is 0 Å². The highest BCUT2D eigenvalue weighted by Gasteiger charge is 2.65. The van der Waals surface area contributed by atoms with Crippen LogP contribution in [0.3, 0.4) is 0 Å². The molecule has 142 valence electrons. The number of benzene rings is 3. The van der Waals surface area contributed by atoms with Crippen LogP contribution in [0.25, 0.3) is 21.5 Å². The van der Waals surface area contributed by atoms with Gasteiger partial charge >= 0.3 is 0 Å². The average molecular weight is 367 g/mol. The van der Waals surface area contributed by atoms with E-state index in [-0.39, 0.29) is 0 Å². The molecule has 0 spiro atoms. The first kappa shape index (κ1) is 16.0. The Hall–Kier alpha value is -1.82. The van der Waals surface area contributed by atoms with E-state index in [1.807, 2.05) is 0 Å². The smallest absolute Gasteiger partial charge is 0.00464 e. The molecule has 4 aliphatic rings. The molecular weight excluding hydrogens is 336 g/mol. The molecule has 3 fully saturated rings. The Morgan fingerprint density at radius 1 is 0.750 bits per heavy atom. The van der Waals surface area contributed by atoms with Gasteiger partial charge < -0.3 is 0 Å². The molecule has 28 heavy (non-hydrogen) atoms. The fraction of sp³-hybridized carbons (Fsp3) is 0.500. The molecule has 3 aromatic rings. The van der Waals surface area contributed by atoms with Crippen LogP contribution in [0, 0.1) is 35.5 Å². The number of hydrogen-bond donors (Lipinski definition) is 0. The van der Waals surface area contributed by atoms with Crippen LogP contribution >= 0.6 is 0 Å². The van der Waals surface area contributed by atoms with E-state index < -0.39 is 0 Å². The zero-order valence-electron chi connectivity index (χ0n) is 17.1. The standard InChI is InChI=1S/C28H30/c1-3-15-12-16(4-2)24-22-14-21(23(15)24)26-20-11-7-9-18-13-17-8-5-6-10-19(17)27(25(18)20)28(22)26/h5-11,13,15-16,21-24,26,28H,3-4,12,14H2,1-2H3. The molecule has 0 radical (unpaired) electrons. The molecule has 0 amide bonds. The summed E-state index contributed by atoms with van der Waals surface area (Å²) in [6.07, 6.45) is 5.83. The van der Waals surface area contributed by atoms with E-state index in [2.05, 4.69) is 62.4 Å². The third-order valence-electron chi connectivity index (χ3n) is 9.68. The molecule has 0 aliphatic heterocycles. The fourth-order valence-electron chi connectivity index (χ4n) is 9.04. The lowest BCUT2D eigenvalue weighted by Gasteiger charge is -2.39. The Kier molecular flexibility index (Phi) is 3.10. The van der Waals surface area contributed by atoms with Crippen LogP contribution in [0.2, 0.25) is 0 Å². The van der Waals surface area contributed by atoms with Crippen LogP contribution in [0.5, 0.6) is 0 Å². The van der Waals surface area contributed by atoms with Crippen molar-refractivity contribution in [1.82, 2.24) is 0 Å². The molecule has 0 N–H and O–H groups in total. The molecular formula is C28H30. The van der Waals surface area contributed by atoms with Crippen LogP contribution < -0.4 is 0 Å². The first-order chi connectivity index (χ1) is 13.8. The quantitative estimate of drug-likeness (QED) is 0.412. The Balaban J connectivity index is 1.49. The third kappa shape index (κ3) is 1.71. The molecule has 0 saturated heterocycles. The van der Waals surface area contributed by atoms with Gasteiger partial charge in [0.1, 0.15) is 0 Å². The summed E-state index contributed by atoms with van der Waals surface area (Å²) in [7, 11) is 0. The van der Waals surface area contributed by atoms with E-state index >= 15 is 0 Å². The lowest BCUT2D eigenvalue weighted by atomic mass is 9.65. The van der Waals surface area contributed by atoms with E-state index in [4.69, 9.17) is 0 Å². The monoisotopic (exact) mass is 366 g/mol. The van der Waals surface area contributed by atoms with Crippen molar-refractivity contribution in [3.05, 3.63) is 59.7 Å². The average Bonchev–Trinajstić information content (AvgIpc) is 3.46. The summed E-state index contributed by atoms with van der Waals surface area (Å²) in [5.41, 5.74) is 3.46. The van der Waals surface area contributed by atoms with Crippen LogP contribution in [-0.4, -0.2) is 0 Å². The van der Waals surface area contributed by atoms with Crippen molar-refractivity contribution in [2.75, 3.05) is 0 Å². The van der Waals surface area contributed by atoms with Crippen LogP contribution in [-0.2, 0) is 0 Å². The SMILES string of the molecule is CCC1CC(CC)C2C3CC(C4c5cccc6cc7ccccc7c(c56)C34)C12. The highest BCUT2D eigenvalue weighted by Crippen LogP contribution is 2.75. The number of hydrogen-bond acceptors (Lipinski definition) is 0. The van der Waals surface area contributed by atoms with Crippen LogP contribution in [0.15, 0.2) is 48.5 Å². The van der Waals surface area contributed by atoms with Gasteiger partial charge in [-0.25, -0.2) is 0 Å². The highest BCUT2D eigenvalue weighted by atomic mass is 14.7. The molecule has 0 aromatic heterocycles. The molecule has 7 rings (SSSR count). The van der Waals surface area contributed by atoms with Crippen LogP contribution in [0.4, 0.5) is 0 Å². The zero-order valence-corrected chi connectivity index (χ0v) is 17.1. The van der Waals surface area contributed by atoms with Crippen molar-refractivity contribution >= 4 is 21.5 Å². The normalized spacial score (nSPS) is 39.8. The molecule has 8 unspecified atom stereocenters. The summed E-state index contributed by atoms with van der Waals surface area (Å²) in [5.74, 6) is 7.47. The van der Waals surface area contributed by atoms with E-state index in [0.29, 0.717) is 0 Å². The van der Waals surface area contributed by atoms with Crippen LogP contribution in [0.1, 0.15) is 62.5 Å². The summed E-state index contributed by atoms with van der Waals surface area (Å²) in [6.45, 7) is 4.92. The first-order valence-corrected chi connectivity index (χ1v) is 11.8. The largest absolute Gasteiger partial charge is 0.0651 e. The molecule has 0 nitrogen and oxygen atoms in total. The molecule has 4 aliphatic carbocycles. The second-order valence-corrected chi connectivity index (χ2v) is 10.3. The fourth-order valence-corrected chi connectivity index (χ4v) is 9.04. The molecule has 3 saturated carbocycles. The predicted molar refractivity (Wildman–Crippen MR) is 118 cm³/mol. The van der Waals surface area contributed by atoms with E-state index in [0.717, 1.165) is 47.3 Å². The maximum absolute atomic E-state index is 2.49. The van der Waals surface area contributed by atoms with Crippen molar-refractivity contribution in [2.24, 2.45) is 35.5 Å². The van der Waals surface area contributed by atoms with Crippen molar-refractivity contribution < 1.29 is 0 Å². The summed E-state index contributed by atoms with van der Waals surface area (Å²) in [5, 5.41) is 6.14. The first-order valence-electron chi connectivity index (χ1n) is 11.8.